The molecule has 4 nitrogen and oxygen atoms in total. The van der Waals surface area contributed by atoms with Gasteiger partial charge in [-0.3, -0.25) is 0 Å². The third-order valence-corrected chi connectivity index (χ3v) is 6.56. The minimum absolute atomic E-state index is 0.295. The van der Waals surface area contributed by atoms with Crippen LogP contribution >= 0.6 is 0 Å². The molecule has 106 valence electrons. The van der Waals surface area contributed by atoms with Crippen molar-refractivity contribution in [3.63, 3.8) is 0 Å². The van der Waals surface area contributed by atoms with Gasteiger partial charge in [-0.1, -0.05) is 25.7 Å². The molecule has 0 radical (unpaired) electrons. The van der Waals surface area contributed by atoms with Crippen LogP contribution in [0.4, 0.5) is 0 Å². The number of nitrogens with one attached hydrogen (secondary N) is 1. The SMILES string of the molecule is CS(=O)(=O)C1CCCC1(CN)NCCC1CCC1. The van der Waals surface area contributed by atoms with Crippen molar-refractivity contribution >= 4 is 9.84 Å². The molecule has 2 unspecified atom stereocenters. The van der Waals surface area contributed by atoms with E-state index in [9.17, 15) is 8.42 Å². The van der Waals surface area contributed by atoms with Gasteiger partial charge in [-0.15, -0.1) is 0 Å². The first-order chi connectivity index (χ1) is 8.48. The summed E-state index contributed by atoms with van der Waals surface area (Å²) in [6.45, 7) is 1.34. The van der Waals surface area contributed by atoms with Gasteiger partial charge in [-0.2, -0.15) is 0 Å². The Morgan fingerprint density at radius 1 is 1.28 bits per heavy atom. The van der Waals surface area contributed by atoms with Gasteiger partial charge in [0.15, 0.2) is 9.84 Å². The quantitative estimate of drug-likeness (QED) is 0.760. The van der Waals surface area contributed by atoms with Gasteiger partial charge in [0.25, 0.3) is 0 Å². The second kappa shape index (κ2) is 5.47. The summed E-state index contributed by atoms with van der Waals surface area (Å²) in [4.78, 5) is 0. The smallest absolute Gasteiger partial charge is 0.152 e. The van der Waals surface area contributed by atoms with Crippen LogP contribution < -0.4 is 11.1 Å². The Morgan fingerprint density at radius 2 is 2.00 bits per heavy atom. The lowest BCUT2D eigenvalue weighted by molar-refractivity contribution is 0.266. The van der Waals surface area contributed by atoms with Crippen molar-refractivity contribution in [3.8, 4) is 0 Å². The average molecular weight is 274 g/mol. The minimum atomic E-state index is -3.01. The highest BCUT2D eigenvalue weighted by molar-refractivity contribution is 7.91. The third kappa shape index (κ3) is 2.89. The second-order valence-corrected chi connectivity index (χ2v) is 8.31. The van der Waals surface area contributed by atoms with Gasteiger partial charge in [-0.25, -0.2) is 8.42 Å². The first-order valence-corrected chi connectivity index (χ1v) is 9.07. The Labute approximate surface area is 111 Å². The summed E-state index contributed by atoms with van der Waals surface area (Å²) < 4.78 is 23.8. The summed E-state index contributed by atoms with van der Waals surface area (Å²) in [6.07, 6.45) is 9.17. The van der Waals surface area contributed by atoms with E-state index >= 15 is 0 Å². The highest BCUT2D eigenvalue weighted by atomic mass is 32.2. The van der Waals surface area contributed by atoms with Crippen LogP contribution in [0.5, 0.6) is 0 Å². The summed E-state index contributed by atoms with van der Waals surface area (Å²) in [5, 5.41) is 3.20. The van der Waals surface area contributed by atoms with Crippen LogP contribution in [0.2, 0.25) is 0 Å². The Morgan fingerprint density at radius 3 is 2.50 bits per heavy atom. The molecule has 0 heterocycles. The molecule has 5 heteroatoms. The summed E-state index contributed by atoms with van der Waals surface area (Å²) in [5.74, 6) is 0.852. The van der Waals surface area contributed by atoms with Gasteiger partial charge in [0, 0.05) is 18.3 Å². The molecule has 0 saturated heterocycles. The number of hydrogen-bond acceptors (Lipinski definition) is 4. The normalized spacial score (nSPS) is 33.6. The fourth-order valence-electron chi connectivity index (χ4n) is 3.48. The molecule has 0 bridgehead atoms. The Bertz CT molecular complexity index is 378. The van der Waals surface area contributed by atoms with Crippen LogP contribution in [-0.4, -0.2) is 38.6 Å². The maximum absolute atomic E-state index is 11.9. The van der Waals surface area contributed by atoms with Crippen molar-refractivity contribution in [1.29, 1.82) is 0 Å². The number of sulfone groups is 1. The molecule has 18 heavy (non-hydrogen) atoms. The molecule has 0 amide bonds. The Balaban J connectivity index is 1.95. The van der Waals surface area contributed by atoms with Crippen LogP contribution in [0, 0.1) is 5.92 Å². The molecule has 2 saturated carbocycles. The topological polar surface area (TPSA) is 72.2 Å². The maximum Gasteiger partial charge on any atom is 0.152 e. The lowest BCUT2D eigenvalue weighted by Gasteiger charge is -2.36. The molecule has 2 rings (SSSR count). The van der Waals surface area contributed by atoms with Gasteiger partial charge >= 0.3 is 0 Å². The first kappa shape index (κ1) is 14.3. The zero-order chi connectivity index (χ0) is 13.2. The van der Waals surface area contributed by atoms with Gasteiger partial charge in [0.05, 0.1) is 5.25 Å². The van der Waals surface area contributed by atoms with E-state index in [1.54, 1.807) is 0 Å². The van der Waals surface area contributed by atoms with Gasteiger partial charge < -0.3 is 11.1 Å². The van der Waals surface area contributed by atoms with Crippen molar-refractivity contribution in [3.05, 3.63) is 0 Å². The highest BCUT2D eigenvalue weighted by Gasteiger charge is 2.46. The Hall–Kier alpha value is -0.130. The molecule has 3 N–H and O–H groups in total. The minimum Gasteiger partial charge on any atom is -0.329 e. The van der Waals surface area contributed by atoms with Crippen LogP contribution in [0.15, 0.2) is 0 Å². The fraction of sp³-hybridized carbons (Fsp3) is 1.00. The number of nitrogens with two attached hydrogens (primary N) is 1. The van der Waals surface area contributed by atoms with E-state index in [1.807, 2.05) is 0 Å². The lowest BCUT2D eigenvalue weighted by atomic mass is 9.83. The van der Waals surface area contributed by atoms with E-state index in [4.69, 9.17) is 5.73 Å². The molecule has 0 aliphatic heterocycles. The van der Waals surface area contributed by atoms with E-state index in [-0.39, 0.29) is 10.8 Å². The van der Waals surface area contributed by atoms with Crippen molar-refractivity contribution in [2.24, 2.45) is 11.7 Å². The zero-order valence-electron chi connectivity index (χ0n) is 11.3. The first-order valence-electron chi connectivity index (χ1n) is 7.12. The van der Waals surface area contributed by atoms with Crippen molar-refractivity contribution in [2.75, 3.05) is 19.3 Å². The molecular formula is C13H26N2O2S. The van der Waals surface area contributed by atoms with Crippen molar-refractivity contribution < 1.29 is 8.42 Å². The second-order valence-electron chi connectivity index (χ2n) is 6.08. The van der Waals surface area contributed by atoms with E-state index in [1.165, 1.54) is 25.5 Å². The van der Waals surface area contributed by atoms with Crippen LogP contribution in [0.1, 0.15) is 44.9 Å². The predicted molar refractivity (Wildman–Crippen MR) is 74.2 cm³/mol. The largest absolute Gasteiger partial charge is 0.329 e. The summed E-state index contributed by atoms with van der Waals surface area (Å²) in [5.41, 5.74) is 5.53. The molecule has 2 fully saturated rings. The molecular weight excluding hydrogens is 248 g/mol. The molecule has 0 aromatic heterocycles. The standard InChI is InChI=1S/C13H26N2O2S/c1-18(16,17)12-6-3-8-13(12,10-14)15-9-7-11-4-2-5-11/h11-12,15H,2-10,14H2,1H3. The molecule has 0 spiro atoms. The monoisotopic (exact) mass is 274 g/mol. The predicted octanol–water partition coefficient (Wildman–Crippen LogP) is 1.06. The van der Waals surface area contributed by atoms with E-state index in [0.717, 1.165) is 38.1 Å². The lowest BCUT2D eigenvalue weighted by Crippen LogP contribution is -2.59. The number of hydrogen-bond donors (Lipinski definition) is 2. The summed E-state index contributed by atoms with van der Waals surface area (Å²) >= 11 is 0. The molecule has 2 atom stereocenters. The van der Waals surface area contributed by atoms with E-state index in [2.05, 4.69) is 5.32 Å². The molecule has 0 aromatic rings. The van der Waals surface area contributed by atoms with E-state index < -0.39 is 9.84 Å². The highest BCUT2D eigenvalue weighted by Crippen LogP contribution is 2.35. The van der Waals surface area contributed by atoms with Gasteiger partial charge in [0.2, 0.25) is 0 Å². The molecule has 2 aliphatic rings. The van der Waals surface area contributed by atoms with Crippen LogP contribution in [0.3, 0.4) is 0 Å². The van der Waals surface area contributed by atoms with Crippen LogP contribution in [0.25, 0.3) is 0 Å². The number of rotatable bonds is 6. The summed E-state index contributed by atoms with van der Waals surface area (Å²) in [7, 11) is -3.01. The molecule has 2 aliphatic carbocycles. The fourth-order valence-corrected chi connectivity index (χ4v) is 5.19. The van der Waals surface area contributed by atoms with Crippen molar-refractivity contribution in [1.82, 2.24) is 5.32 Å². The van der Waals surface area contributed by atoms with Gasteiger partial charge in [-0.05, 0) is 31.7 Å². The average Bonchev–Trinajstić information content (AvgIpc) is 2.66. The maximum atomic E-state index is 11.9. The zero-order valence-corrected chi connectivity index (χ0v) is 12.1. The summed E-state index contributed by atoms with van der Waals surface area (Å²) in [6, 6.07) is 0. The molecule has 0 aromatic carbocycles. The van der Waals surface area contributed by atoms with Gasteiger partial charge in [0.1, 0.15) is 0 Å². The van der Waals surface area contributed by atoms with E-state index in [0.29, 0.717) is 6.54 Å². The third-order valence-electron chi connectivity index (χ3n) is 4.84. The van der Waals surface area contributed by atoms with Crippen molar-refractivity contribution in [2.45, 2.75) is 55.7 Å². The Kier molecular flexibility index (Phi) is 4.34. The van der Waals surface area contributed by atoms with Crippen LogP contribution in [-0.2, 0) is 9.84 Å².